The molecule has 0 bridgehead atoms. The van der Waals surface area contributed by atoms with Crippen molar-refractivity contribution in [2.75, 3.05) is 24.3 Å². The number of guanidine groups is 1. The van der Waals surface area contributed by atoms with Gasteiger partial charge in [-0.25, -0.2) is 9.97 Å². The SMILES string of the molecule is COc1ccc2[nH]cc(CCN=C(NC(=S)Nc3cccc(OC(F)(F)F)c3)Nc3nc(C)cc(C)n3)c2c1. The van der Waals surface area contributed by atoms with Crippen LogP contribution < -0.4 is 25.4 Å². The average molecular weight is 558 g/mol. The van der Waals surface area contributed by atoms with Crippen LogP contribution in [0.4, 0.5) is 24.8 Å². The molecule has 0 aliphatic carbocycles. The number of hydrogen-bond acceptors (Lipinski definition) is 6. The molecule has 0 spiro atoms. The van der Waals surface area contributed by atoms with Crippen molar-refractivity contribution >= 4 is 45.8 Å². The van der Waals surface area contributed by atoms with Crippen LogP contribution in [0.5, 0.6) is 11.5 Å². The van der Waals surface area contributed by atoms with E-state index in [2.05, 4.69) is 40.6 Å². The first-order chi connectivity index (χ1) is 18.6. The molecule has 4 aromatic rings. The fraction of sp³-hybridized carbons (Fsp3) is 0.231. The molecule has 0 unspecified atom stereocenters. The largest absolute Gasteiger partial charge is 0.573 e. The second kappa shape index (κ2) is 12.0. The van der Waals surface area contributed by atoms with Crippen LogP contribution >= 0.6 is 12.2 Å². The molecule has 0 aliphatic rings. The Kier molecular flexibility index (Phi) is 8.49. The van der Waals surface area contributed by atoms with E-state index in [0.29, 0.717) is 24.6 Å². The van der Waals surface area contributed by atoms with E-state index >= 15 is 0 Å². The number of rotatable bonds is 7. The maximum absolute atomic E-state index is 12.6. The zero-order valence-corrected chi connectivity index (χ0v) is 22.1. The number of halogens is 3. The van der Waals surface area contributed by atoms with Crippen LogP contribution in [0.1, 0.15) is 17.0 Å². The fourth-order valence-electron chi connectivity index (χ4n) is 3.82. The van der Waals surface area contributed by atoms with E-state index in [0.717, 1.165) is 33.6 Å². The molecule has 0 atom stereocenters. The normalized spacial score (nSPS) is 11.8. The summed E-state index contributed by atoms with van der Waals surface area (Å²) < 4.78 is 47.1. The Morgan fingerprint density at radius 2 is 1.79 bits per heavy atom. The van der Waals surface area contributed by atoms with E-state index < -0.39 is 6.36 Å². The number of benzene rings is 2. The zero-order chi connectivity index (χ0) is 28.0. The van der Waals surface area contributed by atoms with Gasteiger partial charge in [0, 0.05) is 46.8 Å². The minimum atomic E-state index is -4.80. The van der Waals surface area contributed by atoms with Crippen LogP contribution in [0, 0.1) is 13.8 Å². The number of thiocarbonyl (C=S) groups is 1. The van der Waals surface area contributed by atoms with Gasteiger partial charge in [-0.2, -0.15) is 0 Å². The van der Waals surface area contributed by atoms with Gasteiger partial charge in [0.2, 0.25) is 11.9 Å². The molecule has 4 rings (SSSR count). The van der Waals surface area contributed by atoms with Crippen molar-refractivity contribution in [3.63, 3.8) is 0 Å². The summed E-state index contributed by atoms with van der Waals surface area (Å²) in [6.07, 6.45) is -2.27. The first kappa shape index (κ1) is 27.6. The summed E-state index contributed by atoms with van der Waals surface area (Å²) in [6, 6.07) is 13.0. The van der Waals surface area contributed by atoms with Crippen LogP contribution in [0.3, 0.4) is 0 Å². The summed E-state index contributed by atoms with van der Waals surface area (Å²) in [5.74, 6) is 0.960. The van der Waals surface area contributed by atoms with E-state index in [4.69, 9.17) is 17.0 Å². The summed E-state index contributed by atoms with van der Waals surface area (Å²) in [5.41, 5.74) is 3.86. The van der Waals surface area contributed by atoms with E-state index in [9.17, 15) is 13.2 Å². The van der Waals surface area contributed by atoms with Gasteiger partial charge in [0.15, 0.2) is 5.11 Å². The van der Waals surface area contributed by atoms with Crippen molar-refractivity contribution in [1.29, 1.82) is 0 Å². The summed E-state index contributed by atoms with van der Waals surface area (Å²) in [7, 11) is 1.62. The molecule has 2 aromatic carbocycles. The summed E-state index contributed by atoms with van der Waals surface area (Å²) in [4.78, 5) is 16.6. The van der Waals surface area contributed by atoms with E-state index in [1.54, 1.807) is 13.2 Å². The molecule has 4 N–H and O–H groups in total. The van der Waals surface area contributed by atoms with Crippen molar-refractivity contribution in [3.8, 4) is 11.5 Å². The van der Waals surface area contributed by atoms with Gasteiger partial charge in [0.25, 0.3) is 0 Å². The number of hydrogen-bond donors (Lipinski definition) is 4. The third kappa shape index (κ3) is 8.04. The van der Waals surface area contributed by atoms with Gasteiger partial charge >= 0.3 is 6.36 Å². The zero-order valence-electron chi connectivity index (χ0n) is 21.3. The van der Waals surface area contributed by atoms with Gasteiger partial charge in [-0.05, 0) is 74.4 Å². The molecule has 13 heteroatoms. The summed E-state index contributed by atoms with van der Waals surface area (Å²) >= 11 is 5.39. The number of alkyl halides is 3. The maximum Gasteiger partial charge on any atom is 0.573 e. The van der Waals surface area contributed by atoms with Crippen LogP contribution in [0.25, 0.3) is 10.9 Å². The Labute approximate surface area is 227 Å². The van der Waals surface area contributed by atoms with E-state index in [-0.39, 0.29) is 16.8 Å². The number of aromatic nitrogens is 3. The second-order valence-electron chi connectivity index (χ2n) is 8.46. The number of nitrogens with one attached hydrogen (secondary N) is 4. The smallest absolute Gasteiger partial charge is 0.497 e. The van der Waals surface area contributed by atoms with E-state index in [1.165, 1.54) is 18.2 Å². The molecule has 0 fully saturated rings. The molecule has 9 nitrogen and oxygen atoms in total. The number of ether oxygens (including phenoxy) is 2. The lowest BCUT2D eigenvalue weighted by molar-refractivity contribution is -0.274. The molecule has 2 heterocycles. The Morgan fingerprint density at radius 1 is 1.03 bits per heavy atom. The van der Waals surface area contributed by atoms with E-state index in [1.807, 2.05) is 44.3 Å². The lowest BCUT2D eigenvalue weighted by Gasteiger charge is -2.15. The summed E-state index contributed by atoms with van der Waals surface area (Å²) in [5, 5.41) is 9.95. The highest BCUT2D eigenvalue weighted by Gasteiger charge is 2.31. The van der Waals surface area contributed by atoms with Gasteiger partial charge in [0.05, 0.1) is 7.11 Å². The third-order valence-electron chi connectivity index (χ3n) is 5.40. The lowest BCUT2D eigenvalue weighted by Crippen LogP contribution is -2.39. The van der Waals surface area contributed by atoms with Gasteiger partial charge in [-0.3, -0.25) is 10.3 Å². The topological polar surface area (TPSA) is 108 Å². The van der Waals surface area contributed by atoms with Gasteiger partial charge in [0.1, 0.15) is 11.5 Å². The molecule has 39 heavy (non-hydrogen) atoms. The van der Waals surface area contributed by atoms with Crippen LogP contribution in [-0.4, -0.2) is 46.0 Å². The average Bonchev–Trinajstić information content (AvgIpc) is 3.24. The quantitative estimate of drug-likeness (QED) is 0.134. The first-order valence-electron chi connectivity index (χ1n) is 11.8. The van der Waals surface area contributed by atoms with Crippen LogP contribution in [0.15, 0.2) is 59.7 Å². The van der Waals surface area contributed by atoms with Crippen molar-refractivity contribution in [1.82, 2.24) is 20.3 Å². The molecule has 0 radical (unpaired) electrons. The van der Waals surface area contributed by atoms with Crippen molar-refractivity contribution in [2.24, 2.45) is 4.99 Å². The number of aryl methyl sites for hydroxylation is 2. The fourth-order valence-corrected chi connectivity index (χ4v) is 4.03. The van der Waals surface area contributed by atoms with Crippen molar-refractivity contribution in [3.05, 3.63) is 71.7 Å². The molecular weight excluding hydrogens is 531 g/mol. The Hall–Kier alpha value is -4.39. The Morgan fingerprint density at radius 3 is 2.51 bits per heavy atom. The van der Waals surface area contributed by atoms with Crippen molar-refractivity contribution in [2.45, 2.75) is 26.6 Å². The molecule has 0 aliphatic heterocycles. The van der Waals surface area contributed by atoms with Gasteiger partial charge in [-0.1, -0.05) is 6.07 Å². The molecular formula is C26H26F3N7O2S. The highest BCUT2D eigenvalue weighted by Crippen LogP contribution is 2.25. The predicted molar refractivity (Wildman–Crippen MR) is 148 cm³/mol. The lowest BCUT2D eigenvalue weighted by atomic mass is 10.1. The summed E-state index contributed by atoms with van der Waals surface area (Å²) in [6.45, 7) is 4.07. The molecule has 204 valence electrons. The maximum atomic E-state index is 12.6. The van der Waals surface area contributed by atoms with Crippen molar-refractivity contribution < 1.29 is 22.6 Å². The molecule has 0 saturated heterocycles. The molecule has 0 saturated carbocycles. The number of H-pyrrole nitrogens is 1. The number of methoxy groups -OCH3 is 1. The van der Waals surface area contributed by atoms with Crippen LogP contribution in [-0.2, 0) is 6.42 Å². The highest BCUT2D eigenvalue weighted by molar-refractivity contribution is 7.80. The van der Waals surface area contributed by atoms with Gasteiger partial charge < -0.3 is 25.1 Å². The number of aromatic amines is 1. The number of fused-ring (bicyclic) bond motifs is 1. The minimum Gasteiger partial charge on any atom is -0.497 e. The predicted octanol–water partition coefficient (Wildman–Crippen LogP) is 5.48. The standard InChI is InChI=1S/C26H26F3N7O2S/c1-15-11-16(2)33-24(32-15)35-23(30-10-9-17-14-31-22-8-7-19(37-3)13-21(17)22)36-25(39)34-18-5-4-6-20(12-18)38-26(27,28)29/h4-8,11-14,31H,9-10H2,1-3H3,(H3,30,32,33,34,35,36,39). The molecule has 0 amide bonds. The first-order valence-corrected chi connectivity index (χ1v) is 12.2. The second-order valence-corrected chi connectivity index (χ2v) is 8.87. The third-order valence-corrected chi connectivity index (χ3v) is 5.60. The Balaban J connectivity index is 1.50. The highest BCUT2D eigenvalue weighted by atomic mass is 32.1. The van der Waals surface area contributed by atoms with Gasteiger partial charge in [-0.15, -0.1) is 13.2 Å². The monoisotopic (exact) mass is 557 g/mol. The minimum absolute atomic E-state index is 0.0895. The molecule has 2 aromatic heterocycles. The van der Waals surface area contributed by atoms with Crippen LogP contribution in [0.2, 0.25) is 0 Å². The number of nitrogens with zero attached hydrogens (tertiary/aromatic N) is 3. The number of anilines is 2. The number of aliphatic imine (C=N–C) groups is 1. The Bertz CT molecular complexity index is 1480.